The highest BCUT2D eigenvalue weighted by molar-refractivity contribution is 4.47. The fourth-order valence-corrected chi connectivity index (χ4v) is 1.18. The van der Waals surface area contributed by atoms with Gasteiger partial charge in [-0.05, 0) is 13.8 Å². The van der Waals surface area contributed by atoms with Crippen molar-refractivity contribution < 1.29 is 38.6 Å². The van der Waals surface area contributed by atoms with Crippen LogP contribution in [0.1, 0.15) is 13.8 Å². The topological polar surface area (TPSA) is 95.8 Å². The normalized spacial score (nSPS) is 13.2. The van der Waals surface area contributed by atoms with Crippen LogP contribution in [0.4, 0.5) is 0 Å². The van der Waals surface area contributed by atoms with Crippen molar-refractivity contribution in [3.05, 3.63) is 0 Å². The maximum absolute atomic E-state index is 8.69. The fraction of sp³-hybridized carbons (Fsp3) is 1.00. The van der Waals surface area contributed by atoms with Gasteiger partial charge in [-0.3, -0.25) is 0 Å². The largest absolute Gasteiger partial charge is 0.394 e. The summed E-state index contributed by atoms with van der Waals surface area (Å²) in [4.78, 5) is 0. The van der Waals surface area contributed by atoms with Gasteiger partial charge in [0.2, 0.25) is 0 Å². The van der Waals surface area contributed by atoms with Gasteiger partial charge in [0.15, 0.2) is 0 Å². The van der Waals surface area contributed by atoms with Crippen LogP contribution in [0.25, 0.3) is 0 Å². The summed E-state index contributed by atoms with van der Waals surface area (Å²) in [7, 11) is 3.30. The van der Waals surface area contributed by atoms with Crippen LogP contribution in [0, 0.1) is 0 Å². The number of methoxy groups -OCH3 is 2. The fourth-order valence-electron chi connectivity index (χ4n) is 1.18. The van der Waals surface area contributed by atoms with Crippen LogP contribution in [0.5, 0.6) is 0 Å². The van der Waals surface area contributed by atoms with E-state index >= 15 is 0 Å². The molecule has 2 atom stereocenters. The molecule has 0 fully saturated rings. The lowest BCUT2D eigenvalue weighted by atomic mass is 10.4. The van der Waals surface area contributed by atoms with Crippen molar-refractivity contribution in [2.24, 2.45) is 0 Å². The molecule has 0 aromatic heterocycles. The molecule has 2 unspecified atom stereocenters. The van der Waals surface area contributed by atoms with Gasteiger partial charge in [0, 0.05) is 14.2 Å². The number of ether oxygens (including phenoxy) is 6. The molecule has 0 radical (unpaired) electrons. The Kier molecular flexibility index (Phi) is 24.5. The Morgan fingerprint density at radius 3 is 1.38 bits per heavy atom. The van der Waals surface area contributed by atoms with Gasteiger partial charge in [-0.25, -0.2) is 0 Å². The average molecular weight is 356 g/mol. The van der Waals surface area contributed by atoms with Gasteiger partial charge in [0.1, 0.15) is 0 Å². The molecule has 0 aliphatic heterocycles. The summed E-state index contributed by atoms with van der Waals surface area (Å²) in [6, 6.07) is 0. The molecule has 148 valence electrons. The van der Waals surface area contributed by atoms with E-state index in [1.807, 2.05) is 0 Å². The first-order chi connectivity index (χ1) is 11.6. The molecule has 0 bridgehead atoms. The van der Waals surface area contributed by atoms with Gasteiger partial charge in [-0.2, -0.15) is 0 Å². The number of aliphatic hydroxyl groups excluding tert-OH is 2. The molecule has 0 rings (SSSR count). The van der Waals surface area contributed by atoms with Crippen LogP contribution in [0.3, 0.4) is 0 Å². The maximum atomic E-state index is 8.69. The minimum Gasteiger partial charge on any atom is -0.394 e. The Labute approximate surface area is 145 Å². The van der Waals surface area contributed by atoms with E-state index in [1.165, 1.54) is 0 Å². The molecule has 0 aromatic carbocycles. The lowest BCUT2D eigenvalue weighted by Gasteiger charge is -2.10. The molecule has 2 N–H and O–H groups in total. The van der Waals surface area contributed by atoms with Crippen LogP contribution < -0.4 is 0 Å². The van der Waals surface area contributed by atoms with Crippen molar-refractivity contribution in [1.82, 2.24) is 0 Å². The second kappa shape index (κ2) is 22.7. The molecule has 0 heterocycles. The summed E-state index contributed by atoms with van der Waals surface area (Å²) in [6.45, 7) is 8.56. The number of hydrogen-bond acceptors (Lipinski definition) is 8. The monoisotopic (exact) mass is 356 g/mol. The molecule has 0 aromatic rings. The van der Waals surface area contributed by atoms with E-state index in [-0.39, 0.29) is 12.7 Å². The predicted molar refractivity (Wildman–Crippen MR) is 90.4 cm³/mol. The molecule has 24 heavy (non-hydrogen) atoms. The SMILES string of the molecule is CC(O)COC(C)CO.COCCOCCOCCOCCOC. The van der Waals surface area contributed by atoms with Crippen molar-refractivity contribution >= 4 is 0 Å². The summed E-state index contributed by atoms with van der Waals surface area (Å²) < 4.78 is 30.3. The first-order valence-electron chi connectivity index (χ1n) is 8.20. The minimum atomic E-state index is -0.445. The van der Waals surface area contributed by atoms with E-state index in [1.54, 1.807) is 28.1 Å². The second-order valence-corrected chi connectivity index (χ2v) is 5.00. The number of aliphatic hydroxyl groups is 2. The van der Waals surface area contributed by atoms with Crippen molar-refractivity contribution in [1.29, 1.82) is 0 Å². The zero-order valence-corrected chi connectivity index (χ0v) is 15.6. The molecule has 8 nitrogen and oxygen atoms in total. The van der Waals surface area contributed by atoms with E-state index in [9.17, 15) is 0 Å². The van der Waals surface area contributed by atoms with Crippen molar-refractivity contribution in [3.63, 3.8) is 0 Å². The van der Waals surface area contributed by atoms with Crippen molar-refractivity contribution in [3.8, 4) is 0 Å². The Bertz CT molecular complexity index is 204. The van der Waals surface area contributed by atoms with Crippen LogP contribution in [-0.4, -0.2) is 103 Å². The first kappa shape index (κ1) is 25.9. The Morgan fingerprint density at radius 2 is 1.08 bits per heavy atom. The molecule has 8 heteroatoms. The molecule has 0 saturated heterocycles. The molecular formula is C16H36O8. The van der Waals surface area contributed by atoms with Crippen molar-refractivity contribution in [2.75, 3.05) is 80.3 Å². The summed E-state index contributed by atoms with van der Waals surface area (Å²) in [5.41, 5.74) is 0. The maximum Gasteiger partial charge on any atom is 0.0779 e. The molecule has 0 spiro atoms. The summed E-state index contributed by atoms with van der Waals surface area (Å²) >= 11 is 0. The molecule has 0 saturated carbocycles. The zero-order valence-electron chi connectivity index (χ0n) is 15.6. The van der Waals surface area contributed by atoms with Crippen molar-refractivity contribution in [2.45, 2.75) is 26.1 Å². The smallest absolute Gasteiger partial charge is 0.0779 e. The molecule has 0 aliphatic carbocycles. The highest BCUT2D eigenvalue weighted by Gasteiger charge is 2.00. The molecular weight excluding hydrogens is 320 g/mol. The van der Waals surface area contributed by atoms with Crippen LogP contribution in [0.2, 0.25) is 0 Å². The average Bonchev–Trinajstić information content (AvgIpc) is 2.58. The van der Waals surface area contributed by atoms with E-state index in [4.69, 9.17) is 38.6 Å². The van der Waals surface area contributed by atoms with Crippen LogP contribution >= 0.6 is 0 Å². The summed E-state index contributed by atoms with van der Waals surface area (Å²) in [6.07, 6.45) is -0.612. The van der Waals surface area contributed by atoms with E-state index in [0.717, 1.165) is 0 Å². The second-order valence-electron chi connectivity index (χ2n) is 5.00. The van der Waals surface area contributed by atoms with Gasteiger partial charge < -0.3 is 38.6 Å². The summed E-state index contributed by atoms with van der Waals surface area (Å²) in [5.74, 6) is 0. The van der Waals surface area contributed by atoms with Gasteiger partial charge in [-0.15, -0.1) is 0 Å². The lowest BCUT2D eigenvalue weighted by molar-refractivity contribution is -0.0177. The van der Waals surface area contributed by atoms with E-state index < -0.39 is 6.10 Å². The Morgan fingerprint density at radius 1 is 0.708 bits per heavy atom. The third kappa shape index (κ3) is 26.6. The van der Waals surface area contributed by atoms with E-state index in [0.29, 0.717) is 59.5 Å². The van der Waals surface area contributed by atoms with Gasteiger partial charge >= 0.3 is 0 Å². The van der Waals surface area contributed by atoms with Gasteiger partial charge in [0.25, 0.3) is 0 Å². The quantitative estimate of drug-likeness (QED) is 0.376. The minimum absolute atomic E-state index is 0.00667. The predicted octanol–water partition coefficient (Wildman–Crippen LogP) is 0.0936. The molecule has 0 aliphatic rings. The molecule has 0 amide bonds. The highest BCUT2D eigenvalue weighted by atomic mass is 16.6. The van der Waals surface area contributed by atoms with Crippen LogP contribution in [0.15, 0.2) is 0 Å². The Balaban J connectivity index is 0. The third-order valence-electron chi connectivity index (χ3n) is 2.49. The lowest BCUT2D eigenvalue weighted by Crippen LogP contribution is -2.19. The number of hydrogen-bond donors (Lipinski definition) is 2. The first-order valence-corrected chi connectivity index (χ1v) is 8.20. The van der Waals surface area contributed by atoms with Crippen LogP contribution in [-0.2, 0) is 28.4 Å². The highest BCUT2D eigenvalue weighted by Crippen LogP contribution is 1.90. The summed E-state index contributed by atoms with van der Waals surface area (Å²) in [5, 5.41) is 17.1. The van der Waals surface area contributed by atoms with E-state index in [2.05, 4.69) is 0 Å². The number of rotatable bonds is 16. The van der Waals surface area contributed by atoms with Gasteiger partial charge in [-0.1, -0.05) is 0 Å². The van der Waals surface area contributed by atoms with Gasteiger partial charge in [0.05, 0.1) is 78.3 Å². The standard InChI is InChI=1S/C10H22O5.C6H14O3/c1-11-3-5-13-7-9-15-10-8-14-6-4-12-2;1-5(8)4-9-6(2)3-7/h3-10H2,1-2H3;5-8H,3-4H2,1-2H3. The zero-order chi connectivity index (χ0) is 18.5. The third-order valence-corrected chi connectivity index (χ3v) is 2.49. The Hall–Kier alpha value is -0.320.